The molecule has 0 spiro atoms. The van der Waals surface area contributed by atoms with Crippen molar-refractivity contribution in [2.24, 2.45) is 0 Å². The normalized spacial score (nSPS) is 11.2. The summed E-state index contributed by atoms with van der Waals surface area (Å²) in [4.78, 5) is 0. The van der Waals surface area contributed by atoms with Gasteiger partial charge in [-0.05, 0) is 0 Å². The van der Waals surface area contributed by atoms with Gasteiger partial charge < -0.3 is 19.6 Å². The third-order valence-electron chi connectivity index (χ3n) is 0. The standard InChI is InChI=1S/3C4H11Si.Dy/c3*1-5(2,3)4;/h3*1H2,2-4H3;/q3*-1;+3. The van der Waals surface area contributed by atoms with Crippen LogP contribution < -0.4 is 0 Å². The molecule has 0 heterocycles. The summed E-state index contributed by atoms with van der Waals surface area (Å²) in [5.74, 6) is 0. The first-order valence-electron chi connectivity index (χ1n) is 5.56. The second-order valence-corrected chi connectivity index (χ2v) is 23.0. The van der Waals surface area contributed by atoms with E-state index in [-0.39, 0.29) is 38.2 Å². The predicted octanol–water partition coefficient (Wildman–Crippen LogP) is 5.09. The van der Waals surface area contributed by atoms with Crippen LogP contribution in [0.5, 0.6) is 0 Å². The van der Waals surface area contributed by atoms with Crippen molar-refractivity contribution in [2.45, 2.75) is 58.9 Å². The Labute approximate surface area is 139 Å². The van der Waals surface area contributed by atoms with E-state index in [2.05, 4.69) is 78.6 Å². The molecule has 1 radical (unpaired) electrons. The predicted molar refractivity (Wildman–Crippen MR) is 86.1 cm³/mol. The summed E-state index contributed by atoms with van der Waals surface area (Å²) in [7, 11) is -2.58. The van der Waals surface area contributed by atoms with Crippen molar-refractivity contribution in [3.8, 4) is 0 Å². The van der Waals surface area contributed by atoms with E-state index in [1.807, 2.05) is 0 Å². The first-order valence-corrected chi connectivity index (χ1v) is 16.7. The minimum Gasteiger partial charge on any atom is -0.342 e. The Morgan fingerprint density at radius 2 is 0.438 bits per heavy atom. The largest absolute Gasteiger partial charge is 3.00 e. The molecule has 0 unspecified atom stereocenters. The summed E-state index contributed by atoms with van der Waals surface area (Å²) >= 11 is 0. The Balaban J connectivity index is -0.0000000655. The molecule has 0 aromatic heterocycles. The molecule has 0 fully saturated rings. The van der Waals surface area contributed by atoms with Crippen LogP contribution in [-0.2, 0) is 0 Å². The van der Waals surface area contributed by atoms with Gasteiger partial charge in [0, 0.05) is 0 Å². The molecule has 0 atom stereocenters. The molecule has 0 aliphatic heterocycles. The van der Waals surface area contributed by atoms with Gasteiger partial charge in [0.25, 0.3) is 0 Å². The van der Waals surface area contributed by atoms with Gasteiger partial charge in [-0.25, -0.2) is 0 Å². The molecule has 0 rings (SSSR count). The minimum atomic E-state index is -0.861. The quantitative estimate of drug-likeness (QED) is 0.375. The van der Waals surface area contributed by atoms with E-state index in [1.165, 1.54) is 0 Å². The molecule has 0 aliphatic rings. The Kier molecular flexibility index (Phi) is 17.9. The Morgan fingerprint density at radius 1 is 0.438 bits per heavy atom. The summed E-state index contributed by atoms with van der Waals surface area (Å²) in [6.07, 6.45) is 0. The van der Waals surface area contributed by atoms with Gasteiger partial charge in [-0.2, -0.15) is 0 Å². The zero-order chi connectivity index (χ0) is 13.5. The van der Waals surface area contributed by atoms with Crippen molar-refractivity contribution in [2.75, 3.05) is 0 Å². The summed E-state index contributed by atoms with van der Waals surface area (Å²) in [6, 6.07) is 0. The van der Waals surface area contributed by atoms with Crippen LogP contribution in [0.15, 0.2) is 0 Å². The molecule has 0 amide bonds. The van der Waals surface area contributed by atoms with Crippen LogP contribution in [0.1, 0.15) is 0 Å². The number of rotatable bonds is 0. The fourth-order valence-electron chi connectivity index (χ4n) is 0. The molecular formula is C12H33DySi3. The number of hydrogen-bond donors (Lipinski definition) is 0. The van der Waals surface area contributed by atoms with E-state index < -0.39 is 24.2 Å². The molecule has 0 N–H and O–H groups in total. The first-order chi connectivity index (χ1) is 6.00. The molecule has 16 heavy (non-hydrogen) atoms. The van der Waals surface area contributed by atoms with Crippen molar-refractivity contribution in [1.82, 2.24) is 0 Å². The van der Waals surface area contributed by atoms with Gasteiger partial charge in [0.2, 0.25) is 0 Å². The zero-order valence-electron chi connectivity index (χ0n) is 12.9. The second kappa shape index (κ2) is 10.8. The van der Waals surface area contributed by atoms with Crippen LogP contribution in [0, 0.1) is 57.8 Å². The third-order valence-corrected chi connectivity index (χ3v) is 0. The zero-order valence-corrected chi connectivity index (χ0v) is 18.0. The van der Waals surface area contributed by atoms with Crippen LogP contribution in [0.4, 0.5) is 0 Å². The SMILES string of the molecule is [CH2-][Si](C)(C)C.[CH2-][Si](C)(C)C.[CH2-][Si](C)(C)C.[Dy+3]. The molecule has 0 nitrogen and oxygen atoms in total. The summed E-state index contributed by atoms with van der Waals surface area (Å²) in [6.45, 7) is 31.7. The Hall–Kier alpha value is 1.92. The maximum atomic E-state index is 3.91. The second-order valence-electron chi connectivity index (χ2n) is 7.68. The molecule has 0 aromatic carbocycles. The van der Waals surface area contributed by atoms with Gasteiger partial charge in [-0.15, -0.1) is 24.2 Å². The summed E-state index contributed by atoms with van der Waals surface area (Å²) in [5, 5.41) is 0. The van der Waals surface area contributed by atoms with Crippen LogP contribution in [0.25, 0.3) is 0 Å². The van der Waals surface area contributed by atoms with Crippen LogP contribution in [0.2, 0.25) is 58.9 Å². The van der Waals surface area contributed by atoms with Crippen molar-refractivity contribution in [1.29, 1.82) is 0 Å². The molecule has 0 saturated carbocycles. The van der Waals surface area contributed by atoms with E-state index in [0.29, 0.717) is 0 Å². The first kappa shape index (κ1) is 26.5. The van der Waals surface area contributed by atoms with Gasteiger partial charge in [0.15, 0.2) is 0 Å². The average molecular weight is 424 g/mol. The molecule has 0 bridgehead atoms. The van der Waals surface area contributed by atoms with E-state index in [1.54, 1.807) is 0 Å². The summed E-state index contributed by atoms with van der Waals surface area (Å²) in [5.41, 5.74) is 0. The van der Waals surface area contributed by atoms with E-state index in [9.17, 15) is 0 Å². The molecular weight excluding hydrogens is 391 g/mol. The Bertz CT molecular complexity index is 91.3. The number of hydrogen-bond acceptors (Lipinski definition) is 0. The van der Waals surface area contributed by atoms with Gasteiger partial charge in [-0.3, -0.25) is 0 Å². The van der Waals surface area contributed by atoms with Gasteiger partial charge in [0.1, 0.15) is 0 Å². The van der Waals surface area contributed by atoms with Crippen molar-refractivity contribution >= 4 is 24.2 Å². The van der Waals surface area contributed by atoms with E-state index in [4.69, 9.17) is 0 Å². The molecule has 4 heteroatoms. The molecule has 0 saturated heterocycles. The van der Waals surface area contributed by atoms with Crippen LogP contribution >= 0.6 is 0 Å². The van der Waals surface area contributed by atoms with Gasteiger partial charge in [0.05, 0.1) is 0 Å². The smallest absolute Gasteiger partial charge is 0.342 e. The van der Waals surface area contributed by atoms with Gasteiger partial charge >= 0.3 is 38.2 Å². The maximum absolute atomic E-state index is 3.91. The fourth-order valence-corrected chi connectivity index (χ4v) is 0. The van der Waals surface area contributed by atoms with E-state index >= 15 is 0 Å². The van der Waals surface area contributed by atoms with Gasteiger partial charge in [-0.1, -0.05) is 58.9 Å². The monoisotopic (exact) mass is 425 g/mol. The average Bonchev–Trinajstić information content (AvgIpc) is 1.41. The minimum absolute atomic E-state index is 0. The van der Waals surface area contributed by atoms with Crippen LogP contribution in [0.3, 0.4) is 0 Å². The maximum Gasteiger partial charge on any atom is 3.00 e. The van der Waals surface area contributed by atoms with Crippen molar-refractivity contribution in [3.05, 3.63) is 19.6 Å². The molecule has 0 aromatic rings. The van der Waals surface area contributed by atoms with E-state index in [0.717, 1.165) is 0 Å². The molecule has 0 aliphatic carbocycles. The third kappa shape index (κ3) is 959. The topological polar surface area (TPSA) is 0 Å². The Morgan fingerprint density at radius 3 is 0.438 bits per heavy atom. The van der Waals surface area contributed by atoms with Crippen LogP contribution in [-0.4, -0.2) is 24.2 Å². The molecule has 103 valence electrons. The summed E-state index contributed by atoms with van der Waals surface area (Å²) < 4.78 is 0. The van der Waals surface area contributed by atoms with Crippen molar-refractivity contribution < 1.29 is 38.2 Å². The fraction of sp³-hybridized carbons (Fsp3) is 0.750. The van der Waals surface area contributed by atoms with Crippen molar-refractivity contribution in [3.63, 3.8) is 0 Å².